The number of rotatable bonds is 6. The van der Waals surface area contributed by atoms with Gasteiger partial charge in [-0.05, 0) is 29.7 Å². The van der Waals surface area contributed by atoms with E-state index in [9.17, 15) is 0 Å². The lowest BCUT2D eigenvalue weighted by molar-refractivity contribution is 0.591. The second-order valence-corrected chi connectivity index (χ2v) is 17.8. The molecule has 0 aliphatic carbocycles. The molecule has 234 valence electrons. The maximum Gasteiger partial charge on any atom is 0.171 e. The molecule has 6 heteroatoms. The quantitative estimate of drug-likeness (QED) is 0.133. The molecule has 0 N–H and O–H groups in total. The Labute approximate surface area is 284 Å². The highest BCUT2D eigenvalue weighted by Crippen LogP contribution is 2.46. The first kappa shape index (κ1) is 29.6. The smallest absolute Gasteiger partial charge is 0.171 e. The van der Waals surface area contributed by atoms with Gasteiger partial charge in [-0.25, -0.2) is 4.98 Å². The van der Waals surface area contributed by atoms with Gasteiger partial charge in [-0.2, -0.15) is 0 Å². The minimum Gasteiger partial charge on any atom is -0.309 e. The standard InChI is InChI=1S/C43H30N2O2P2/c46-48(31-15-5-1-6-16-31,32-17-7-2-8-18-32)35-25-27-37-38-28-26-36(49(47,33-19-9-3-10-20-33)34-21-11-4-12-22-34)30-42(38)45-41-24-14-13-23-40(41)44-43(45)39(37)29-35/h1-30H. The summed E-state index contributed by atoms with van der Waals surface area (Å²) in [5.74, 6) is 0. The number of imidazole rings is 1. The summed E-state index contributed by atoms with van der Waals surface area (Å²) in [5, 5.41) is 7.56. The molecule has 0 saturated heterocycles. The summed E-state index contributed by atoms with van der Waals surface area (Å²) in [6, 6.07) is 59.5. The third kappa shape index (κ3) is 4.56. The van der Waals surface area contributed by atoms with Crippen molar-refractivity contribution in [3.63, 3.8) is 0 Å². The van der Waals surface area contributed by atoms with Crippen molar-refractivity contribution in [1.82, 2.24) is 9.38 Å². The van der Waals surface area contributed by atoms with Crippen molar-refractivity contribution in [3.8, 4) is 0 Å². The second kappa shape index (κ2) is 11.6. The number of para-hydroxylation sites is 2. The molecule has 0 aliphatic heterocycles. The van der Waals surface area contributed by atoms with E-state index in [1.165, 1.54) is 0 Å². The van der Waals surface area contributed by atoms with E-state index in [0.29, 0.717) is 0 Å². The number of pyridine rings is 1. The first-order chi connectivity index (χ1) is 24.1. The highest BCUT2D eigenvalue weighted by atomic mass is 31.2. The van der Waals surface area contributed by atoms with Crippen LogP contribution in [0.4, 0.5) is 0 Å². The van der Waals surface area contributed by atoms with Crippen molar-refractivity contribution in [1.29, 1.82) is 0 Å². The second-order valence-electron chi connectivity index (χ2n) is 12.3. The van der Waals surface area contributed by atoms with Gasteiger partial charge in [0.2, 0.25) is 0 Å². The minimum atomic E-state index is -3.23. The van der Waals surface area contributed by atoms with Gasteiger partial charge in [-0.15, -0.1) is 0 Å². The Kier molecular flexibility index (Phi) is 6.99. The molecule has 4 nitrogen and oxygen atoms in total. The van der Waals surface area contributed by atoms with Crippen LogP contribution in [-0.4, -0.2) is 9.38 Å². The van der Waals surface area contributed by atoms with Crippen LogP contribution in [0.15, 0.2) is 182 Å². The van der Waals surface area contributed by atoms with Crippen LogP contribution in [0.2, 0.25) is 0 Å². The van der Waals surface area contributed by atoms with Gasteiger partial charge in [0.15, 0.2) is 14.3 Å². The number of hydrogen-bond donors (Lipinski definition) is 0. The molecule has 0 bridgehead atoms. The number of hydrogen-bond acceptors (Lipinski definition) is 3. The summed E-state index contributed by atoms with van der Waals surface area (Å²) in [7, 11) is -6.46. The highest BCUT2D eigenvalue weighted by molar-refractivity contribution is 7.85. The van der Waals surface area contributed by atoms with Gasteiger partial charge in [0.05, 0.1) is 16.6 Å². The lowest BCUT2D eigenvalue weighted by Crippen LogP contribution is -2.25. The van der Waals surface area contributed by atoms with Crippen LogP contribution < -0.4 is 31.8 Å². The summed E-state index contributed by atoms with van der Waals surface area (Å²) >= 11 is 0. The fourth-order valence-corrected chi connectivity index (χ4v) is 12.5. The van der Waals surface area contributed by atoms with E-state index in [4.69, 9.17) is 4.98 Å². The van der Waals surface area contributed by atoms with Gasteiger partial charge in [-0.3, -0.25) is 4.40 Å². The number of nitrogens with zero attached hydrogens (tertiary/aromatic N) is 2. The van der Waals surface area contributed by atoms with E-state index in [2.05, 4.69) is 34.7 Å². The molecule has 0 amide bonds. The van der Waals surface area contributed by atoms with Gasteiger partial charge in [0.25, 0.3) is 0 Å². The summed E-state index contributed by atoms with van der Waals surface area (Å²) in [5.41, 5.74) is 3.50. The number of benzene rings is 7. The first-order valence-electron chi connectivity index (χ1n) is 16.3. The predicted octanol–water partition coefficient (Wildman–Crippen LogP) is 8.07. The summed E-state index contributed by atoms with van der Waals surface area (Å²) in [6.45, 7) is 0. The Hall–Kier alpha value is -5.53. The van der Waals surface area contributed by atoms with Gasteiger partial charge >= 0.3 is 0 Å². The molecule has 0 radical (unpaired) electrons. The zero-order valence-corrected chi connectivity index (χ0v) is 28.2. The normalized spacial score (nSPS) is 12.2. The molecular formula is C43H30N2O2P2. The van der Waals surface area contributed by atoms with E-state index >= 15 is 9.13 Å². The molecule has 9 rings (SSSR count). The average molecular weight is 669 g/mol. The lowest BCUT2D eigenvalue weighted by Gasteiger charge is -2.22. The Morgan fingerprint density at radius 1 is 0.367 bits per heavy atom. The van der Waals surface area contributed by atoms with E-state index in [-0.39, 0.29) is 0 Å². The Morgan fingerprint density at radius 2 is 0.796 bits per heavy atom. The number of aromatic nitrogens is 2. The van der Waals surface area contributed by atoms with E-state index in [0.717, 1.165) is 70.2 Å². The molecule has 0 saturated carbocycles. The maximum atomic E-state index is 15.4. The molecule has 9 aromatic rings. The van der Waals surface area contributed by atoms with Crippen LogP contribution in [0.5, 0.6) is 0 Å². The van der Waals surface area contributed by atoms with Crippen LogP contribution >= 0.6 is 14.3 Å². The summed E-state index contributed by atoms with van der Waals surface area (Å²) in [6.07, 6.45) is 0. The fourth-order valence-electron chi connectivity index (χ4n) is 7.17. The monoisotopic (exact) mass is 668 g/mol. The zero-order valence-electron chi connectivity index (χ0n) is 26.4. The molecule has 49 heavy (non-hydrogen) atoms. The Bertz CT molecular complexity index is 2680. The molecule has 2 heterocycles. The SMILES string of the molecule is O=P(c1ccccc1)(c1ccccc1)c1ccc2c3ccc(P(=O)(c4ccccc4)c4ccccc4)cc3n3c4ccccc4nc3c2c1. The molecule has 0 unspecified atom stereocenters. The Balaban J connectivity index is 1.37. The van der Waals surface area contributed by atoms with Gasteiger partial charge in [0, 0.05) is 42.6 Å². The third-order valence-electron chi connectivity index (χ3n) is 9.52. The van der Waals surface area contributed by atoms with Crippen LogP contribution in [0.1, 0.15) is 0 Å². The topological polar surface area (TPSA) is 51.4 Å². The van der Waals surface area contributed by atoms with Crippen LogP contribution in [0, 0.1) is 0 Å². The van der Waals surface area contributed by atoms with Gasteiger partial charge in [-0.1, -0.05) is 158 Å². The molecule has 0 atom stereocenters. The van der Waals surface area contributed by atoms with Crippen LogP contribution in [0.3, 0.4) is 0 Å². The average Bonchev–Trinajstić information content (AvgIpc) is 3.59. The third-order valence-corrected chi connectivity index (χ3v) is 15.6. The van der Waals surface area contributed by atoms with Gasteiger partial charge in [0.1, 0.15) is 5.65 Å². The molecule has 0 spiro atoms. The summed E-state index contributed by atoms with van der Waals surface area (Å²) in [4.78, 5) is 5.17. The molecular weight excluding hydrogens is 638 g/mol. The van der Waals surface area contributed by atoms with Crippen molar-refractivity contribution in [2.75, 3.05) is 0 Å². The first-order valence-corrected chi connectivity index (χ1v) is 19.7. The zero-order chi connectivity index (χ0) is 33.0. The summed E-state index contributed by atoms with van der Waals surface area (Å²) < 4.78 is 33.0. The van der Waals surface area contributed by atoms with E-state index < -0.39 is 14.3 Å². The predicted molar refractivity (Wildman–Crippen MR) is 206 cm³/mol. The molecule has 0 aliphatic rings. The van der Waals surface area contributed by atoms with E-state index in [1.54, 1.807) is 0 Å². The lowest BCUT2D eigenvalue weighted by atomic mass is 10.1. The molecule has 7 aromatic carbocycles. The van der Waals surface area contributed by atoms with Crippen molar-refractivity contribution < 1.29 is 9.13 Å². The molecule has 2 aromatic heterocycles. The van der Waals surface area contributed by atoms with Crippen molar-refractivity contribution in [2.24, 2.45) is 0 Å². The number of fused-ring (bicyclic) bond motifs is 8. The van der Waals surface area contributed by atoms with Crippen LogP contribution in [-0.2, 0) is 9.13 Å². The minimum absolute atomic E-state index is 0.750. The largest absolute Gasteiger partial charge is 0.309 e. The van der Waals surface area contributed by atoms with Crippen molar-refractivity contribution in [2.45, 2.75) is 0 Å². The van der Waals surface area contributed by atoms with Crippen molar-refractivity contribution in [3.05, 3.63) is 182 Å². The fraction of sp³-hybridized carbons (Fsp3) is 0. The van der Waals surface area contributed by atoms with Gasteiger partial charge < -0.3 is 9.13 Å². The van der Waals surface area contributed by atoms with Crippen LogP contribution in [0.25, 0.3) is 38.4 Å². The molecule has 0 fully saturated rings. The Morgan fingerprint density at radius 3 is 1.31 bits per heavy atom. The highest BCUT2D eigenvalue weighted by Gasteiger charge is 2.32. The maximum absolute atomic E-state index is 15.4. The van der Waals surface area contributed by atoms with Crippen molar-refractivity contribution >= 4 is 84.5 Å². The van der Waals surface area contributed by atoms with E-state index in [1.807, 2.05) is 152 Å².